The molecule has 1 saturated heterocycles. The van der Waals surface area contributed by atoms with E-state index in [2.05, 4.69) is 5.32 Å². The molecule has 1 aliphatic heterocycles. The molecule has 1 aromatic carbocycles. The fraction of sp³-hybridized carbons (Fsp3) is 0.462. The Morgan fingerprint density at radius 3 is 2.89 bits per heavy atom. The van der Waals surface area contributed by atoms with Crippen molar-refractivity contribution in [3.05, 3.63) is 35.4 Å². The highest BCUT2D eigenvalue weighted by atomic mass is 19.2. The summed E-state index contributed by atoms with van der Waals surface area (Å²) in [6.45, 7) is 4.16. The number of piperazine rings is 1. The molecule has 0 saturated carbocycles. The SMILES string of the molecule is C[C@@H]1CNCCN1C(=O)Cc1ccc(F)c(F)c1. The van der Waals surface area contributed by atoms with Gasteiger partial charge in [-0.15, -0.1) is 0 Å². The number of carbonyl (C=O) groups excluding carboxylic acids is 1. The first-order valence-corrected chi connectivity index (χ1v) is 6.02. The van der Waals surface area contributed by atoms with E-state index in [9.17, 15) is 13.6 Å². The third-order valence-electron chi connectivity index (χ3n) is 3.16. The van der Waals surface area contributed by atoms with Gasteiger partial charge in [0.15, 0.2) is 11.6 Å². The number of hydrogen-bond acceptors (Lipinski definition) is 2. The average Bonchev–Trinajstić information content (AvgIpc) is 2.34. The molecule has 1 N–H and O–H groups in total. The van der Waals surface area contributed by atoms with Gasteiger partial charge in [0.05, 0.1) is 6.42 Å². The zero-order valence-corrected chi connectivity index (χ0v) is 10.2. The second-order valence-corrected chi connectivity index (χ2v) is 4.57. The summed E-state index contributed by atoms with van der Waals surface area (Å²) < 4.78 is 25.8. The highest BCUT2D eigenvalue weighted by Gasteiger charge is 2.22. The van der Waals surface area contributed by atoms with Crippen LogP contribution in [0, 0.1) is 11.6 Å². The van der Waals surface area contributed by atoms with E-state index in [1.165, 1.54) is 6.07 Å². The molecular weight excluding hydrogens is 238 g/mol. The summed E-state index contributed by atoms with van der Waals surface area (Å²) in [5, 5.41) is 3.20. The van der Waals surface area contributed by atoms with E-state index < -0.39 is 11.6 Å². The standard InChI is InChI=1S/C13H16F2N2O/c1-9-8-16-4-5-17(9)13(18)7-10-2-3-11(14)12(15)6-10/h2-3,6,9,16H,4-5,7-8H2,1H3/t9-/m1/s1. The van der Waals surface area contributed by atoms with Crippen molar-refractivity contribution in [1.29, 1.82) is 0 Å². The topological polar surface area (TPSA) is 32.3 Å². The van der Waals surface area contributed by atoms with Crippen LogP contribution in [-0.2, 0) is 11.2 Å². The lowest BCUT2D eigenvalue weighted by Crippen LogP contribution is -2.52. The van der Waals surface area contributed by atoms with E-state index in [0.29, 0.717) is 12.1 Å². The van der Waals surface area contributed by atoms with Gasteiger partial charge in [0.25, 0.3) is 0 Å². The van der Waals surface area contributed by atoms with Crippen molar-refractivity contribution in [3.63, 3.8) is 0 Å². The zero-order chi connectivity index (χ0) is 13.1. The Morgan fingerprint density at radius 1 is 1.44 bits per heavy atom. The number of carbonyl (C=O) groups is 1. The second-order valence-electron chi connectivity index (χ2n) is 4.57. The predicted octanol–water partition coefficient (Wildman–Crippen LogP) is 1.33. The Bertz CT molecular complexity index is 451. The molecule has 0 radical (unpaired) electrons. The number of benzene rings is 1. The van der Waals surface area contributed by atoms with Crippen molar-refractivity contribution >= 4 is 5.91 Å². The third-order valence-corrected chi connectivity index (χ3v) is 3.16. The van der Waals surface area contributed by atoms with Gasteiger partial charge in [0.2, 0.25) is 5.91 Å². The van der Waals surface area contributed by atoms with Gasteiger partial charge in [0, 0.05) is 25.7 Å². The number of amides is 1. The first-order chi connectivity index (χ1) is 8.58. The van der Waals surface area contributed by atoms with Gasteiger partial charge in [-0.05, 0) is 24.6 Å². The molecule has 2 rings (SSSR count). The predicted molar refractivity (Wildman–Crippen MR) is 64.1 cm³/mol. The van der Waals surface area contributed by atoms with Crippen LogP contribution in [0.5, 0.6) is 0 Å². The Balaban J connectivity index is 2.04. The number of rotatable bonds is 2. The minimum atomic E-state index is -0.909. The van der Waals surface area contributed by atoms with Crippen molar-refractivity contribution in [3.8, 4) is 0 Å². The van der Waals surface area contributed by atoms with E-state index in [0.717, 1.165) is 25.2 Å². The maximum atomic E-state index is 13.0. The quantitative estimate of drug-likeness (QED) is 0.863. The van der Waals surface area contributed by atoms with Gasteiger partial charge in [-0.25, -0.2) is 8.78 Å². The third kappa shape index (κ3) is 2.85. The molecule has 0 unspecified atom stereocenters. The van der Waals surface area contributed by atoms with Crippen molar-refractivity contribution < 1.29 is 13.6 Å². The Morgan fingerprint density at radius 2 is 2.22 bits per heavy atom. The van der Waals surface area contributed by atoms with E-state index in [4.69, 9.17) is 0 Å². The number of nitrogens with zero attached hydrogens (tertiary/aromatic N) is 1. The fourth-order valence-corrected chi connectivity index (χ4v) is 2.14. The first kappa shape index (κ1) is 13.0. The number of halogens is 2. The van der Waals surface area contributed by atoms with E-state index >= 15 is 0 Å². The molecule has 5 heteroatoms. The molecule has 98 valence electrons. The number of hydrogen-bond donors (Lipinski definition) is 1. The summed E-state index contributed by atoms with van der Waals surface area (Å²) in [5.41, 5.74) is 0.504. The maximum Gasteiger partial charge on any atom is 0.227 e. The van der Waals surface area contributed by atoms with Crippen LogP contribution < -0.4 is 5.32 Å². The van der Waals surface area contributed by atoms with Crippen molar-refractivity contribution in [2.24, 2.45) is 0 Å². The van der Waals surface area contributed by atoms with Gasteiger partial charge < -0.3 is 10.2 Å². The van der Waals surface area contributed by atoms with Crippen LogP contribution in [0.1, 0.15) is 12.5 Å². The van der Waals surface area contributed by atoms with E-state index in [1.54, 1.807) is 4.90 Å². The van der Waals surface area contributed by atoms with Gasteiger partial charge in [-0.1, -0.05) is 6.07 Å². The minimum Gasteiger partial charge on any atom is -0.337 e. The smallest absolute Gasteiger partial charge is 0.227 e. The summed E-state index contributed by atoms with van der Waals surface area (Å²) in [4.78, 5) is 13.8. The lowest BCUT2D eigenvalue weighted by Gasteiger charge is -2.34. The van der Waals surface area contributed by atoms with Crippen LogP contribution in [0.3, 0.4) is 0 Å². The van der Waals surface area contributed by atoms with Crippen LogP contribution in [0.15, 0.2) is 18.2 Å². The molecule has 1 atom stereocenters. The normalized spacial score (nSPS) is 19.9. The molecular formula is C13H16F2N2O. The van der Waals surface area contributed by atoms with Crippen molar-refractivity contribution in [2.45, 2.75) is 19.4 Å². The van der Waals surface area contributed by atoms with Crippen LogP contribution >= 0.6 is 0 Å². The van der Waals surface area contributed by atoms with Crippen LogP contribution in [-0.4, -0.2) is 36.5 Å². The lowest BCUT2D eigenvalue weighted by molar-refractivity contribution is -0.133. The highest BCUT2D eigenvalue weighted by molar-refractivity contribution is 5.79. The molecule has 0 aliphatic carbocycles. The van der Waals surface area contributed by atoms with Gasteiger partial charge >= 0.3 is 0 Å². The molecule has 18 heavy (non-hydrogen) atoms. The minimum absolute atomic E-state index is 0.0463. The first-order valence-electron chi connectivity index (χ1n) is 6.02. The van der Waals surface area contributed by atoms with Crippen molar-refractivity contribution in [2.75, 3.05) is 19.6 Å². The van der Waals surface area contributed by atoms with Gasteiger partial charge in [-0.3, -0.25) is 4.79 Å². The largest absolute Gasteiger partial charge is 0.337 e. The van der Waals surface area contributed by atoms with Crippen LogP contribution in [0.2, 0.25) is 0 Å². The van der Waals surface area contributed by atoms with Gasteiger partial charge in [-0.2, -0.15) is 0 Å². The zero-order valence-electron chi connectivity index (χ0n) is 10.2. The molecule has 1 amide bonds. The molecule has 1 aromatic rings. The molecule has 0 spiro atoms. The molecule has 1 heterocycles. The maximum absolute atomic E-state index is 13.0. The average molecular weight is 254 g/mol. The molecule has 0 aromatic heterocycles. The Labute approximate surface area is 105 Å². The lowest BCUT2D eigenvalue weighted by atomic mass is 10.1. The number of nitrogens with one attached hydrogen (secondary N) is 1. The van der Waals surface area contributed by atoms with Crippen LogP contribution in [0.25, 0.3) is 0 Å². The summed E-state index contributed by atoms with van der Waals surface area (Å²) >= 11 is 0. The van der Waals surface area contributed by atoms with E-state index in [1.807, 2.05) is 6.92 Å². The fourth-order valence-electron chi connectivity index (χ4n) is 2.14. The summed E-state index contributed by atoms with van der Waals surface area (Å²) in [7, 11) is 0. The Kier molecular flexibility index (Phi) is 3.91. The van der Waals surface area contributed by atoms with Crippen LogP contribution in [0.4, 0.5) is 8.78 Å². The summed E-state index contributed by atoms with van der Waals surface area (Å²) in [6.07, 6.45) is 0.113. The molecule has 1 aliphatic rings. The Hall–Kier alpha value is -1.49. The van der Waals surface area contributed by atoms with Gasteiger partial charge in [0.1, 0.15) is 0 Å². The summed E-state index contributed by atoms with van der Waals surface area (Å²) in [5.74, 6) is -1.84. The van der Waals surface area contributed by atoms with E-state index in [-0.39, 0.29) is 18.4 Å². The van der Waals surface area contributed by atoms with Crippen molar-refractivity contribution in [1.82, 2.24) is 10.2 Å². The molecule has 3 nitrogen and oxygen atoms in total. The molecule has 0 bridgehead atoms. The highest BCUT2D eigenvalue weighted by Crippen LogP contribution is 2.12. The summed E-state index contributed by atoms with van der Waals surface area (Å²) in [6, 6.07) is 3.72. The molecule has 1 fully saturated rings. The monoisotopic (exact) mass is 254 g/mol. The second kappa shape index (κ2) is 5.44.